The second-order valence-corrected chi connectivity index (χ2v) is 5.92. The molecule has 0 aliphatic carbocycles. The molecule has 1 fully saturated rings. The topological polar surface area (TPSA) is 67.4 Å². The number of carbonyl (C=O) groups excluding carboxylic acids is 2. The highest BCUT2D eigenvalue weighted by Gasteiger charge is 2.18. The Labute approximate surface area is 121 Å². The van der Waals surface area contributed by atoms with Gasteiger partial charge in [0.2, 0.25) is 5.91 Å². The first-order valence-corrected chi connectivity index (χ1v) is 7.67. The van der Waals surface area contributed by atoms with E-state index in [0.717, 1.165) is 32.4 Å². The number of nitrogens with one attached hydrogen (secondary N) is 2. The number of amides is 1. The third kappa shape index (κ3) is 6.89. The van der Waals surface area contributed by atoms with E-state index in [-0.39, 0.29) is 23.9 Å². The van der Waals surface area contributed by atoms with Gasteiger partial charge < -0.3 is 15.4 Å². The first-order chi connectivity index (χ1) is 9.49. The molecule has 1 saturated heterocycles. The van der Waals surface area contributed by atoms with E-state index in [0.29, 0.717) is 18.9 Å². The molecule has 5 nitrogen and oxygen atoms in total. The van der Waals surface area contributed by atoms with Crippen molar-refractivity contribution in [1.29, 1.82) is 0 Å². The van der Waals surface area contributed by atoms with E-state index in [9.17, 15) is 9.59 Å². The summed E-state index contributed by atoms with van der Waals surface area (Å²) in [4.78, 5) is 23.3. The Balaban J connectivity index is 2.13. The lowest BCUT2D eigenvalue weighted by Gasteiger charge is -2.22. The molecule has 1 heterocycles. The fourth-order valence-electron chi connectivity index (χ4n) is 2.29. The molecule has 116 valence electrons. The summed E-state index contributed by atoms with van der Waals surface area (Å²) < 4.78 is 5.10. The summed E-state index contributed by atoms with van der Waals surface area (Å²) in [5.74, 6) is 0.150. The normalized spacial score (nSPS) is 17.8. The van der Waals surface area contributed by atoms with Gasteiger partial charge >= 0.3 is 5.97 Å². The molecule has 0 aromatic rings. The van der Waals surface area contributed by atoms with Gasteiger partial charge in [0.25, 0.3) is 0 Å². The molecule has 1 unspecified atom stereocenters. The number of ether oxygens (including phenoxy) is 1. The van der Waals surface area contributed by atoms with Crippen LogP contribution in [-0.4, -0.2) is 37.6 Å². The SMILES string of the molecule is CC(C)OC(=O)C(C)CNC(=O)CCC1CCNCC1. The average molecular weight is 284 g/mol. The lowest BCUT2D eigenvalue weighted by atomic mass is 9.93. The van der Waals surface area contributed by atoms with E-state index < -0.39 is 0 Å². The summed E-state index contributed by atoms with van der Waals surface area (Å²) in [6.07, 6.45) is 3.70. The molecule has 0 radical (unpaired) electrons. The molecule has 1 aliphatic heterocycles. The third-order valence-corrected chi connectivity index (χ3v) is 3.60. The molecule has 2 N–H and O–H groups in total. The largest absolute Gasteiger partial charge is 0.463 e. The second kappa shape index (κ2) is 8.95. The molecule has 5 heteroatoms. The van der Waals surface area contributed by atoms with Gasteiger partial charge in [-0.1, -0.05) is 6.92 Å². The van der Waals surface area contributed by atoms with E-state index in [4.69, 9.17) is 4.74 Å². The monoisotopic (exact) mass is 284 g/mol. The van der Waals surface area contributed by atoms with Crippen LogP contribution in [0.3, 0.4) is 0 Å². The van der Waals surface area contributed by atoms with Crippen molar-refractivity contribution in [2.24, 2.45) is 11.8 Å². The van der Waals surface area contributed by atoms with Crippen LogP contribution in [0, 0.1) is 11.8 Å². The van der Waals surface area contributed by atoms with E-state index in [2.05, 4.69) is 10.6 Å². The van der Waals surface area contributed by atoms with Crippen molar-refractivity contribution < 1.29 is 14.3 Å². The van der Waals surface area contributed by atoms with Gasteiger partial charge in [-0.3, -0.25) is 9.59 Å². The minimum atomic E-state index is -0.291. The molecular formula is C15H28N2O3. The Kier molecular flexibility index (Phi) is 7.59. The van der Waals surface area contributed by atoms with Gasteiger partial charge in [-0.15, -0.1) is 0 Å². The Morgan fingerprint density at radius 1 is 1.25 bits per heavy atom. The number of esters is 1. The van der Waals surface area contributed by atoms with Gasteiger partial charge in [0, 0.05) is 13.0 Å². The van der Waals surface area contributed by atoms with E-state index >= 15 is 0 Å². The van der Waals surface area contributed by atoms with Crippen LogP contribution in [0.1, 0.15) is 46.5 Å². The maximum absolute atomic E-state index is 11.8. The van der Waals surface area contributed by atoms with Crippen LogP contribution < -0.4 is 10.6 Å². The van der Waals surface area contributed by atoms with Gasteiger partial charge in [0.15, 0.2) is 0 Å². The fraction of sp³-hybridized carbons (Fsp3) is 0.867. The standard InChI is InChI=1S/C15H28N2O3/c1-11(2)20-15(19)12(3)10-17-14(18)5-4-13-6-8-16-9-7-13/h11-13,16H,4-10H2,1-3H3,(H,17,18). The van der Waals surface area contributed by atoms with Crippen molar-refractivity contribution in [2.45, 2.75) is 52.6 Å². The number of hydrogen-bond acceptors (Lipinski definition) is 4. The van der Waals surface area contributed by atoms with Gasteiger partial charge in [-0.05, 0) is 52.1 Å². The maximum Gasteiger partial charge on any atom is 0.310 e. The molecule has 1 rings (SSSR count). The highest BCUT2D eigenvalue weighted by Crippen LogP contribution is 2.17. The first-order valence-electron chi connectivity index (χ1n) is 7.67. The lowest BCUT2D eigenvalue weighted by Crippen LogP contribution is -2.34. The molecule has 1 atom stereocenters. The minimum absolute atomic E-state index is 0.0349. The van der Waals surface area contributed by atoms with Crippen molar-refractivity contribution in [1.82, 2.24) is 10.6 Å². The Hall–Kier alpha value is -1.10. The van der Waals surface area contributed by atoms with Gasteiger partial charge in [-0.25, -0.2) is 0 Å². The Morgan fingerprint density at radius 2 is 1.90 bits per heavy atom. The summed E-state index contributed by atoms with van der Waals surface area (Å²) in [5.41, 5.74) is 0. The molecule has 0 spiro atoms. The van der Waals surface area contributed by atoms with Gasteiger partial charge in [0.05, 0.1) is 12.0 Å². The van der Waals surface area contributed by atoms with Crippen LogP contribution in [0.4, 0.5) is 0 Å². The van der Waals surface area contributed by atoms with Crippen LogP contribution in [0.25, 0.3) is 0 Å². The van der Waals surface area contributed by atoms with E-state index in [1.54, 1.807) is 6.92 Å². The minimum Gasteiger partial charge on any atom is -0.463 e. The summed E-state index contributed by atoms with van der Waals surface area (Å²) in [6.45, 7) is 7.90. The van der Waals surface area contributed by atoms with Crippen molar-refractivity contribution in [3.05, 3.63) is 0 Å². The van der Waals surface area contributed by atoms with Crippen LogP contribution in [0.2, 0.25) is 0 Å². The molecular weight excluding hydrogens is 256 g/mol. The molecule has 1 aliphatic rings. The van der Waals surface area contributed by atoms with E-state index in [1.807, 2.05) is 13.8 Å². The molecule has 20 heavy (non-hydrogen) atoms. The van der Waals surface area contributed by atoms with Gasteiger partial charge in [-0.2, -0.15) is 0 Å². The summed E-state index contributed by atoms with van der Waals surface area (Å²) >= 11 is 0. The average Bonchev–Trinajstić information content (AvgIpc) is 2.42. The predicted octanol–water partition coefficient (Wildman–Crippen LogP) is 1.47. The molecule has 0 aromatic heterocycles. The fourth-order valence-corrected chi connectivity index (χ4v) is 2.29. The lowest BCUT2D eigenvalue weighted by molar-refractivity contribution is -0.151. The molecule has 0 aromatic carbocycles. The van der Waals surface area contributed by atoms with Crippen LogP contribution in [0.5, 0.6) is 0 Å². The quantitative estimate of drug-likeness (QED) is 0.695. The van der Waals surface area contributed by atoms with Crippen molar-refractivity contribution in [3.8, 4) is 0 Å². The number of carbonyl (C=O) groups is 2. The summed E-state index contributed by atoms with van der Waals surface area (Å²) in [5, 5.41) is 6.14. The van der Waals surface area contributed by atoms with Crippen molar-refractivity contribution >= 4 is 11.9 Å². The van der Waals surface area contributed by atoms with Gasteiger partial charge in [0.1, 0.15) is 0 Å². The smallest absolute Gasteiger partial charge is 0.310 e. The summed E-state index contributed by atoms with van der Waals surface area (Å²) in [7, 11) is 0. The zero-order chi connectivity index (χ0) is 15.0. The predicted molar refractivity (Wildman–Crippen MR) is 78.2 cm³/mol. The highest BCUT2D eigenvalue weighted by molar-refractivity contribution is 5.77. The van der Waals surface area contributed by atoms with E-state index in [1.165, 1.54) is 0 Å². The molecule has 0 bridgehead atoms. The van der Waals surface area contributed by atoms with Crippen molar-refractivity contribution in [3.63, 3.8) is 0 Å². The molecule has 1 amide bonds. The third-order valence-electron chi connectivity index (χ3n) is 3.60. The van der Waals surface area contributed by atoms with Crippen molar-refractivity contribution in [2.75, 3.05) is 19.6 Å². The zero-order valence-corrected chi connectivity index (χ0v) is 12.9. The van der Waals surface area contributed by atoms with Crippen LogP contribution in [-0.2, 0) is 14.3 Å². The summed E-state index contributed by atoms with van der Waals surface area (Å²) in [6, 6.07) is 0. The number of hydrogen-bond donors (Lipinski definition) is 2. The Bertz CT molecular complexity index is 312. The maximum atomic E-state index is 11.8. The second-order valence-electron chi connectivity index (χ2n) is 5.92. The highest BCUT2D eigenvalue weighted by atomic mass is 16.5. The number of rotatable bonds is 7. The zero-order valence-electron chi connectivity index (χ0n) is 12.9. The van der Waals surface area contributed by atoms with Crippen LogP contribution >= 0.6 is 0 Å². The first kappa shape index (κ1) is 17.0. The Morgan fingerprint density at radius 3 is 2.50 bits per heavy atom. The number of piperidine rings is 1. The molecule has 0 saturated carbocycles. The van der Waals surface area contributed by atoms with Crippen LogP contribution in [0.15, 0.2) is 0 Å².